The van der Waals surface area contributed by atoms with E-state index in [4.69, 9.17) is 16.3 Å². The molecule has 0 bridgehead atoms. The zero-order valence-corrected chi connectivity index (χ0v) is 13.0. The van der Waals surface area contributed by atoms with E-state index in [0.717, 1.165) is 19.5 Å². The molecule has 112 valence electrons. The summed E-state index contributed by atoms with van der Waals surface area (Å²) < 4.78 is 5.33. The summed E-state index contributed by atoms with van der Waals surface area (Å²) in [6.07, 6.45) is 1.05. The molecule has 2 rings (SSSR count). The topological polar surface area (TPSA) is 63.2 Å². The first kappa shape index (κ1) is 15.3. The second-order valence-corrected chi connectivity index (χ2v) is 5.84. The smallest absolute Gasteiger partial charge is 0.231 e. The highest BCUT2D eigenvalue weighted by atomic mass is 35.5. The molecule has 0 radical (unpaired) electrons. The van der Waals surface area contributed by atoms with E-state index in [1.54, 1.807) is 0 Å². The predicted octanol–water partition coefficient (Wildman–Crippen LogP) is 2.21. The normalized spacial score (nSPS) is 17.4. The molecule has 0 amide bonds. The van der Waals surface area contributed by atoms with Gasteiger partial charge in [0.25, 0.3) is 0 Å². The van der Waals surface area contributed by atoms with E-state index in [-0.39, 0.29) is 5.28 Å². The first-order valence-corrected chi connectivity index (χ1v) is 7.43. The molecular formula is C13H22ClN5O. The molecule has 1 aliphatic rings. The number of rotatable bonds is 5. The summed E-state index contributed by atoms with van der Waals surface area (Å²) in [5.41, 5.74) is 0. The van der Waals surface area contributed by atoms with E-state index in [1.165, 1.54) is 0 Å². The van der Waals surface area contributed by atoms with Gasteiger partial charge >= 0.3 is 0 Å². The maximum atomic E-state index is 6.00. The Morgan fingerprint density at radius 2 is 1.90 bits per heavy atom. The average Bonchev–Trinajstić information content (AvgIpc) is 2.38. The number of halogens is 1. The summed E-state index contributed by atoms with van der Waals surface area (Å²) in [5.74, 6) is 1.78. The van der Waals surface area contributed by atoms with Crippen molar-refractivity contribution < 1.29 is 4.74 Å². The quantitative estimate of drug-likeness (QED) is 0.899. The van der Waals surface area contributed by atoms with Crippen LogP contribution in [0.3, 0.4) is 0 Å². The van der Waals surface area contributed by atoms with Crippen molar-refractivity contribution in [2.24, 2.45) is 5.92 Å². The van der Waals surface area contributed by atoms with Crippen LogP contribution in [0.4, 0.5) is 11.9 Å². The fourth-order valence-electron chi connectivity index (χ4n) is 2.30. The lowest BCUT2D eigenvalue weighted by Gasteiger charge is -2.27. The summed E-state index contributed by atoms with van der Waals surface area (Å²) in [6, 6.07) is 0.297. The molecule has 1 atom stereocenters. The zero-order chi connectivity index (χ0) is 14.5. The van der Waals surface area contributed by atoms with Crippen LogP contribution in [0.2, 0.25) is 5.28 Å². The van der Waals surface area contributed by atoms with Crippen LogP contribution in [0.5, 0.6) is 0 Å². The Morgan fingerprint density at radius 3 is 2.55 bits per heavy atom. The number of anilines is 2. The van der Waals surface area contributed by atoms with Gasteiger partial charge in [-0.05, 0) is 30.9 Å². The molecule has 0 aromatic carbocycles. The summed E-state index contributed by atoms with van der Waals surface area (Å²) >= 11 is 6.00. The molecule has 0 saturated carbocycles. The Kier molecular flexibility index (Phi) is 5.37. The second kappa shape index (κ2) is 7.04. The molecule has 1 aliphatic heterocycles. The SMILES string of the molecule is CC(C)CC(C)Nc1nc(Cl)nc(N2CCOCC2)n1. The molecule has 1 unspecified atom stereocenters. The van der Waals surface area contributed by atoms with Crippen LogP contribution in [0, 0.1) is 5.92 Å². The van der Waals surface area contributed by atoms with Crippen LogP contribution >= 0.6 is 11.6 Å². The highest BCUT2D eigenvalue weighted by molar-refractivity contribution is 6.28. The van der Waals surface area contributed by atoms with Gasteiger partial charge in [-0.1, -0.05) is 13.8 Å². The first-order valence-electron chi connectivity index (χ1n) is 7.05. The Hall–Kier alpha value is -1.14. The summed E-state index contributed by atoms with van der Waals surface area (Å²) in [5, 5.41) is 3.51. The molecule has 0 aliphatic carbocycles. The predicted molar refractivity (Wildman–Crippen MR) is 80.4 cm³/mol. The largest absolute Gasteiger partial charge is 0.378 e. The number of nitrogens with zero attached hydrogens (tertiary/aromatic N) is 4. The van der Waals surface area contributed by atoms with Crippen LogP contribution in [-0.2, 0) is 4.74 Å². The molecule has 1 aromatic heterocycles. The van der Waals surface area contributed by atoms with Crippen molar-refractivity contribution in [3.63, 3.8) is 0 Å². The van der Waals surface area contributed by atoms with Crippen molar-refractivity contribution in [3.05, 3.63) is 5.28 Å². The number of nitrogens with one attached hydrogen (secondary N) is 1. The maximum Gasteiger partial charge on any atom is 0.231 e. The van der Waals surface area contributed by atoms with Gasteiger partial charge in [-0.25, -0.2) is 0 Å². The number of morpholine rings is 1. The lowest BCUT2D eigenvalue weighted by atomic mass is 10.1. The van der Waals surface area contributed by atoms with Gasteiger partial charge in [0.2, 0.25) is 17.2 Å². The fraction of sp³-hybridized carbons (Fsp3) is 0.769. The van der Waals surface area contributed by atoms with Crippen LogP contribution in [-0.4, -0.2) is 47.3 Å². The van der Waals surface area contributed by atoms with Crippen molar-refractivity contribution in [2.75, 3.05) is 36.5 Å². The van der Waals surface area contributed by atoms with Crippen molar-refractivity contribution >= 4 is 23.5 Å². The fourth-order valence-corrected chi connectivity index (χ4v) is 2.45. The number of hydrogen-bond donors (Lipinski definition) is 1. The lowest BCUT2D eigenvalue weighted by molar-refractivity contribution is 0.122. The molecule has 7 heteroatoms. The molecule has 0 spiro atoms. The Bertz CT molecular complexity index is 437. The van der Waals surface area contributed by atoms with E-state index in [0.29, 0.717) is 37.1 Å². The van der Waals surface area contributed by atoms with Gasteiger partial charge in [0.15, 0.2) is 0 Å². The Labute approximate surface area is 124 Å². The van der Waals surface area contributed by atoms with E-state index >= 15 is 0 Å². The molecule has 2 heterocycles. The van der Waals surface area contributed by atoms with Gasteiger partial charge in [0.05, 0.1) is 13.2 Å². The van der Waals surface area contributed by atoms with Gasteiger partial charge in [0.1, 0.15) is 0 Å². The van der Waals surface area contributed by atoms with E-state index < -0.39 is 0 Å². The second-order valence-electron chi connectivity index (χ2n) is 5.50. The van der Waals surface area contributed by atoms with Crippen LogP contribution in [0.15, 0.2) is 0 Å². The van der Waals surface area contributed by atoms with Crippen molar-refractivity contribution in [1.82, 2.24) is 15.0 Å². The molecule has 1 saturated heterocycles. The van der Waals surface area contributed by atoms with Gasteiger partial charge in [0, 0.05) is 19.1 Å². The third-order valence-electron chi connectivity index (χ3n) is 3.09. The minimum atomic E-state index is 0.223. The van der Waals surface area contributed by atoms with Gasteiger partial charge in [-0.2, -0.15) is 15.0 Å². The summed E-state index contributed by atoms with van der Waals surface area (Å²) in [7, 11) is 0. The number of ether oxygens (including phenoxy) is 1. The third-order valence-corrected chi connectivity index (χ3v) is 3.26. The number of aromatic nitrogens is 3. The Balaban J connectivity index is 2.07. The molecule has 6 nitrogen and oxygen atoms in total. The van der Waals surface area contributed by atoms with Gasteiger partial charge < -0.3 is 15.0 Å². The first-order chi connectivity index (χ1) is 9.54. The molecule has 1 aromatic rings. The minimum absolute atomic E-state index is 0.223. The molecule has 1 N–H and O–H groups in total. The zero-order valence-electron chi connectivity index (χ0n) is 12.3. The van der Waals surface area contributed by atoms with Crippen molar-refractivity contribution in [2.45, 2.75) is 33.2 Å². The van der Waals surface area contributed by atoms with Crippen molar-refractivity contribution in [1.29, 1.82) is 0 Å². The van der Waals surface area contributed by atoms with E-state index in [2.05, 4.69) is 45.9 Å². The summed E-state index contributed by atoms with van der Waals surface area (Å²) in [4.78, 5) is 14.9. The monoisotopic (exact) mass is 299 g/mol. The lowest BCUT2D eigenvalue weighted by Crippen LogP contribution is -2.37. The average molecular weight is 300 g/mol. The Morgan fingerprint density at radius 1 is 1.20 bits per heavy atom. The molecular weight excluding hydrogens is 278 g/mol. The molecule has 20 heavy (non-hydrogen) atoms. The highest BCUT2D eigenvalue weighted by Gasteiger charge is 2.16. The van der Waals surface area contributed by atoms with E-state index in [9.17, 15) is 0 Å². The van der Waals surface area contributed by atoms with Crippen molar-refractivity contribution in [3.8, 4) is 0 Å². The van der Waals surface area contributed by atoms with Crippen LogP contribution in [0.1, 0.15) is 27.2 Å². The number of hydrogen-bond acceptors (Lipinski definition) is 6. The molecule has 1 fully saturated rings. The summed E-state index contributed by atoms with van der Waals surface area (Å²) in [6.45, 7) is 9.44. The van der Waals surface area contributed by atoms with Crippen LogP contribution < -0.4 is 10.2 Å². The standard InChI is InChI=1S/C13H22ClN5O/c1-9(2)8-10(3)15-12-16-11(14)17-13(18-12)19-4-6-20-7-5-19/h9-10H,4-8H2,1-3H3,(H,15,16,17,18). The van der Waals surface area contributed by atoms with Gasteiger partial charge in [-0.15, -0.1) is 0 Å². The minimum Gasteiger partial charge on any atom is -0.378 e. The third kappa shape index (κ3) is 4.45. The maximum absolute atomic E-state index is 6.00. The van der Waals surface area contributed by atoms with Crippen LogP contribution in [0.25, 0.3) is 0 Å². The highest BCUT2D eigenvalue weighted by Crippen LogP contribution is 2.16. The van der Waals surface area contributed by atoms with Gasteiger partial charge in [-0.3, -0.25) is 0 Å². The van der Waals surface area contributed by atoms with E-state index in [1.807, 2.05) is 0 Å².